The van der Waals surface area contributed by atoms with Crippen LogP contribution in [0.5, 0.6) is 23.0 Å². The molecule has 5 rings (SSSR count). The number of aromatic hydroxyl groups is 1. The third-order valence-electron chi connectivity index (χ3n) is 6.56. The van der Waals surface area contributed by atoms with E-state index in [1.165, 1.54) is 26.4 Å². The fourth-order valence-electron chi connectivity index (χ4n) is 4.78. The van der Waals surface area contributed by atoms with Crippen molar-refractivity contribution in [1.29, 1.82) is 0 Å². The van der Waals surface area contributed by atoms with Gasteiger partial charge in [-0.15, -0.1) is 0 Å². The Bertz CT molecular complexity index is 1770. The normalized spacial score (nSPS) is 22.6. The second-order valence-corrected chi connectivity index (χ2v) is 9.14. The highest BCUT2D eigenvalue weighted by Gasteiger charge is 2.48. The van der Waals surface area contributed by atoms with Crippen molar-refractivity contribution in [2.45, 2.75) is 44.6 Å². The van der Waals surface area contributed by atoms with Crippen molar-refractivity contribution < 1.29 is 62.2 Å². The minimum atomic E-state index is -1.79. The smallest absolute Gasteiger partial charge is 0.344 e. The fourth-order valence-corrected chi connectivity index (χ4v) is 4.78. The molecule has 3 heterocycles. The molecule has 15 heteroatoms. The topological polar surface area (TPSA) is 211 Å². The van der Waals surface area contributed by atoms with E-state index < -0.39 is 66.3 Å². The maximum atomic E-state index is 13.1. The molecule has 0 saturated carbocycles. The Morgan fingerprint density at radius 3 is 2.07 bits per heavy atom. The highest BCUT2D eigenvalue weighted by atomic mass is 16.7. The van der Waals surface area contributed by atoms with Crippen molar-refractivity contribution in [3.8, 4) is 23.0 Å². The summed E-state index contributed by atoms with van der Waals surface area (Å²) in [7, 11) is 2.47. The second-order valence-electron chi connectivity index (χ2n) is 9.14. The molecule has 1 fully saturated rings. The van der Waals surface area contributed by atoms with Gasteiger partial charge in [0.2, 0.25) is 17.8 Å². The predicted molar refractivity (Wildman–Crippen MR) is 135 cm³/mol. The molecule has 0 radical (unpaired) electrons. The van der Waals surface area contributed by atoms with E-state index in [-0.39, 0.29) is 50.0 Å². The van der Waals surface area contributed by atoms with Crippen LogP contribution in [-0.4, -0.2) is 78.8 Å². The van der Waals surface area contributed by atoms with Crippen LogP contribution in [0.3, 0.4) is 0 Å². The summed E-state index contributed by atoms with van der Waals surface area (Å²) in [5.74, 6) is -2.64. The lowest BCUT2D eigenvalue weighted by Gasteiger charge is -2.41. The lowest BCUT2D eigenvalue weighted by Crippen LogP contribution is -2.61. The first kappa shape index (κ1) is 27.9. The molecule has 1 saturated heterocycles. The number of benzene rings is 2. The zero-order chi connectivity index (χ0) is 29.7. The molecule has 2 aromatic carbocycles. The van der Waals surface area contributed by atoms with E-state index >= 15 is 0 Å². The van der Waals surface area contributed by atoms with Crippen molar-refractivity contribution in [3.63, 3.8) is 0 Å². The van der Waals surface area contributed by atoms with Crippen molar-refractivity contribution in [3.05, 3.63) is 33.0 Å². The van der Waals surface area contributed by atoms with Crippen LogP contribution in [0, 0.1) is 0 Å². The Morgan fingerprint density at radius 1 is 0.878 bits per heavy atom. The summed E-state index contributed by atoms with van der Waals surface area (Å²) >= 11 is 0. The average molecular weight is 576 g/mol. The van der Waals surface area contributed by atoms with Crippen molar-refractivity contribution >= 4 is 44.6 Å². The lowest BCUT2D eigenvalue weighted by atomic mass is 9.98. The van der Waals surface area contributed by atoms with Crippen LogP contribution in [0.25, 0.3) is 32.7 Å². The maximum Gasteiger partial charge on any atom is 0.344 e. The van der Waals surface area contributed by atoms with Crippen molar-refractivity contribution in [2.24, 2.45) is 0 Å². The van der Waals surface area contributed by atoms with E-state index in [1.54, 1.807) is 0 Å². The first-order chi connectivity index (χ1) is 19.5. The van der Waals surface area contributed by atoms with Gasteiger partial charge in [-0.2, -0.15) is 0 Å². The van der Waals surface area contributed by atoms with Crippen LogP contribution in [-0.2, 0) is 23.8 Å². The third kappa shape index (κ3) is 4.63. The molecule has 3 N–H and O–H groups in total. The molecule has 4 aromatic rings. The van der Waals surface area contributed by atoms with Crippen molar-refractivity contribution in [1.82, 2.24) is 0 Å². The monoisotopic (exact) mass is 576 g/mol. The van der Waals surface area contributed by atoms with Gasteiger partial charge in [0.25, 0.3) is 0 Å². The van der Waals surface area contributed by atoms with Gasteiger partial charge in [0, 0.05) is 24.6 Å². The molecule has 0 amide bonds. The minimum absolute atomic E-state index is 0.0517. The van der Waals surface area contributed by atoms with Crippen LogP contribution in [0.2, 0.25) is 0 Å². The highest BCUT2D eigenvalue weighted by Crippen LogP contribution is 2.46. The SMILES string of the molecule is COc1cc2c(=O)oc3c(OC)c(O[C@@H]4O[C@H](COC(C)=O)[C@@H](O)[C@H](OC(C)=O)[C@H]4O)cc4c(=O)oc(c1O)c2c34. The van der Waals surface area contributed by atoms with Gasteiger partial charge in [0.15, 0.2) is 34.9 Å². The van der Waals surface area contributed by atoms with Gasteiger partial charge in [-0.3, -0.25) is 9.59 Å². The standard InChI is InChI=1S/C26H24O15/c1-8(27)36-7-14-18(30)23(37-9(2)28)19(31)26(39-14)38-13-6-11-16-15-10(25(33)41-22(16)20(13)35-4)5-12(34-3)17(29)21(15)40-24(11)32/h5-6,14,18-19,23,26,29-31H,7H2,1-4H3/t14-,18-,19-,23+,26-/m1/s1. The molecule has 218 valence electrons. The molecule has 1 aliphatic heterocycles. The van der Waals surface area contributed by atoms with E-state index in [1.807, 2.05) is 0 Å². The molecule has 1 aliphatic rings. The van der Waals surface area contributed by atoms with Gasteiger partial charge < -0.3 is 52.6 Å². The Balaban J connectivity index is 1.67. The number of phenols is 1. The summed E-state index contributed by atoms with van der Waals surface area (Å²) in [6.45, 7) is 1.71. The number of methoxy groups -OCH3 is 2. The Hall–Kier alpha value is -4.60. The number of phenolic OH excluding ortho intramolecular Hbond substituents is 1. The maximum absolute atomic E-state index is 13.1. The zero-order valence-corrected chi connectivity index (χ0v) is 22.0. The van der Waals surface area contributed by atoms with E-state index in [2.05, 4.69) is 0 Å². The fraction of sp³-hybridized carbons (Fsp3) is 0.385. The lowest BCUT2D eigenvalue weighted by molar-refractivity contribution is -0.282. The third-order valence-corrected chi connectivity index (χ3v) is 6.56. The molecule has 15 nitrogen and oxygen atoms in total. The number of hydrogen-bond donors (Lipinski definition) is 3. The number of rotatable bonds is 7. The molecular weight excluding hydrogens is 552 g/mol. The predicted octanol–water partition coefficient (Wildman–Crippen LogP) is 0.534. The number of aliphatic hydroxyl groups is 2. The molecule has 0 aliphatic carbocycles. The summed E-state index contributed by atoms with van der Waals surface area (Å²) in [4.78, 5) is 49.1. The Labute approximate surface area is 228 Å². The van der Waals surface area contributed by atoms with Crippen LogP contribution in [0.4, 0.5) is 0 Å². The first-order valence-electron chi connectivity index (χ1n) is 12.1. The van der Waals surface area contributed by atoms with Crippen LogP contribution in [0.15, 0.2) is 30.6 Å². The van der Waals surface area contributed by atoms with Gasteiger partial charge in [-0.05, 0) is 12.1 Å². The van der Waals surface area contributed by atoms with Crippen LogP contribution >= 0.6 is 0 Å². The summed E-state index contributed by atoms with van der Waals surface area (Å²) < 4.78 is 42.8. The molecule has 0 spiro atoms. The number of carbonyl (C=O) groups excluding carboxylic acids is 2. The largest absolute Gasteiger partial charge is 0.502 e. The van der Waals surface area contributed by atoms with E-state index in [9.17, 15) is 34.5 Å². The average Bonchev–Trinajstić information content (AvgIpc) is 2.92. The number of ether oxygens (including phenoxy) is 6. The van der Waals surface area contributed by atoms with Crippen molar-refractivity contribution in [2.75, 3.05) is 20.8 Å². The van der Waals surface area contributed by atoms with E-state index in [0.29, 0.717) is 0 Å². The molecule has 2 aromatic heterocycles. The minimum Gasteiger partial charge on any atom is -0.502 e. The van der Waals surface area contributed by atoms with Gasteiger partial charge in [-0.25, -0.2) is 9.59 Å². The van der Waals surface area contributed by atoms with Crippen LogP contribution in [0.1, 0.15) is 13.8 Å². The summed E-state index contributed by atoms with van der Waals surface area (Å²) in [6.07, 6.45) is -7.96. The van der Waals surface area contributed by atoms with Gasteiger partial charge in [-0.1, -0.05) is 0 Å². The number of aliphatic hydroxyl groups excluding tert-OH is 2. The van der Waals surface area contributed by atoms with Gasteiger partial charge in [0.05, 0.1) is 25.0 Å². The molecule has 5 atom stereocenters. The second kappa shape index (κ2) is 10.4. The zero-order valence-electron chi connectivity index (χ0n) is 22.0. The molecule has 0 bridgehead atoms. The quantitative estimate of drug-likeness (QED) is 0.156. The van der Waals surface area contributed by atoms with Crippen LogP contribution < -0.4 is 25.5 Å². The number of carbonyl (C=O) groups is 2. The van der Waals surface area contributed by atoms with Gasteiger partial charge >= 0.3 is 23.2 Å². The molecule has 41 heavy (non-hydrogen) atoms. The molecular formula is C26H24O15. The Kier molecular flexibility index (Phi) is 7.10. The highest BCUT2D eigenvalue weighted by molar-refractivity contribution is 6.22. The van der Waals surface area contributed by atoms with E-state index in [4.69, 9.17) is 37.3 Å². The molecule has 0 unspecified atom stereocenters. The van der Waals surface area contributed by atoms with E-state index in [0.717, 1.165) is 13.8 Å². The first-order valence-corrected chi connectivity index (χ1v) is 12.1. The van der Waals surface area contributed by atoms with Gasteiger partial charge in [0.1, 0.15) is 18.8 Å². The number of esters is 2. The summed E-state index contributed by atoms with van der Waals surface area (Å²) in [5, 5.41) is 32.0. The summed E-state index contributed by atoms with van der Waals surface area (Å²) in [5.41, 5.74) is -2.42. The Morgan fingerprint density at radius 2 is 1.49 bits per heavy atom. The summed E-state index contributed by atoms with van der Waals surface area (Å²) in [6, 6.07) is 2.41. The number of hydrogen-bond acceptors (Lipinski definition) is 15.